The number of amides is 1. The van der Waals surface area contributed by atoms with Crippen molar-refractivity contribution in [3.05, 3.63) is 32.4 Å². The predicted octanol–water partition coefficient (Wildman–Crippen LogP) is 1.57. The third-order valence-corrected chi connectivity index (χ3v) is 2.46. The molecule has 0 heterocycles. The number of benzene rings is 1. The van der Waals surface area contributed by atoms with E-state index in [2.05, 4.69) is 0 Å². The lowest BCUT2D eigenvalue weighted by molar-refractivity contribution is 0.1000. The van der Waals surface area contributed by atoms with Crippen molar-refractivity contribution in [2.75, 3.05) is 0 Å². The average Bonchev–Trinajstić information content (AvgIpc) is 2.02. The van der Waals surface area contributed by atoms with Crippen LogP contribution in [-0.4, -0.2) is 5.91 Å². The smallest absolute Gasteiger partial charge is 0.250 e. The van der Waals surface area contributed by atoms with Crippen LogP contribution in [0.25, 0.3) is 0 Å². The van der Waals surface area contributed by atoms with Crippen LogP contribution in [0, 0.1) is 21.8 Å². The highest BCUT2D eigenvalue weighted by Crippen LogP contribution is 2.18. The molecule has 0 fully saturated rings. The molecule has 0 aromatic heterocycles. The molecule has 0 saturated carbocycles. The molecule has 1 amide bonds. The molecule has 3 nitrogen and oxygen atoms in total. The first kappa shape index (κ1) is 9.99. The van der Waals surface area contributed by atoms with E-state index in [9.17, 15) is 4.79 Å². The van der Waals surface area contributed by atoms with Gasteiger partial charge in [-0.1, -0.05) is 0 Å². The number of primary amides is 1. The van der Waals surface area contributed by atoms with Crippen LogP contribution in [0.4, 0.5) is 0 Å². The van der Waals surface area contributed by atoms with Gasteiger partial charge in [0.1, 0.15) is 6.07 Å². The monoisotopic (exact) mass is 286 g/mol. The summed E-state index contributed by atoms with van der Waals surface area (Å²) in [4.78, 5) is 11.0. The van der Waals surface area contributed by atoms with Gasteiger partial charge in [-0.2, -0.15) is 5.26 Å². The van der Waals surface area contributed by atoms with Gasteiger partial charge in [-0.15, -0.1) is 0 Å². The summed E-state index contributed by atoms with van der Waals surface area (Å²) in [6.07, 6.45) is 0. The van der Waals surface area contributed by atoms with Gasteiger partial charge in [-0.3, -0.25) is 4.79 Å². The quantitative estimate of drug-likeness (QED) is 0.796. The van der Waals surface area contributed by atoms with Crippen molar-refractivity contribution in [3.8, 4) is 6.07 Å². The number of hydrogen-bond donors (Lipinski definition) is 1. The first-order valence-corrected chi connectivity index (χ1v) is 4.64. The van der Waals surface area contributed by atoms with Gasteiger partial charge in [0, 0.05) is 3.57 Å². The fourth-order valence-electron chi connectivity index (χ4n) is 1.05. The Hall–Kier alpha value is -1.09. The molecule has 0 unspecified atom stereocenters. The first-order valence-electron chi connectivity index (χ1n) is 3.56. The molecule has 13 heavy (non-hydrogen) atoms. The topological polar surface area (TPSA) is 66.9 Å². The molecule has 0 aliphatic rings. The van der Waals surface area contributed by atoms with E-state index in [0.29, 0.717) is 11.1 Å². The predicted molar refractivity (Wildman–Crippen MR) is 57.1 cm³/mol. The van der Waals surface area contributed by atoms with Gasteiger partial charge in [0.25, 0.3) is 0 Å². The second-order valence-corrected chi connectivity index (χ2v) is 3.81. The molecular weight excluding hydrogens is 279 g/mol. The van der Waals surface area contributed by atoms with E-state index in [4.69, 9.17) is 11.0 Å². The van der Waals surface area contributed by atoms with Crippen molar-refractivity contribution in [3.63, 3.8) is 0 Å². The zero-order chi connectivity index (χ0) is 10.0. The Morgan fingerprint density at radius 1 is 1.62 bits per heavy atom. The standard InChI is InChI=1S/C9H7IN2O/c1-5-2-6(9(12)13)7(4-11)8(10)3-5/h2-3H,1H3,(H2,12,13). The molecule has 0 atom stereocenters. The van der Waals surface area contributed by atoms with E-state index in [1.54, 1.807) is 6.07 Å². The number of nitrogens with zero attached hydrogens (tertiary/aromatic N) is 1. The minimum absolute atomic E-state index is 0.298. The summed E-state index contributed by atoms with van der Waals surface area (Å²) in [6.45, 7) is 1.86. The second kappa shape index (κ2) is 3.75. The van der Waals surface area contributed by atoms with Gasteiger partial charge in [0.15, 0.2) is 0 Å². The van der Waals surface area contributed by atoms with Crippen LogP contribution in [-0.2, 0) is 0 Å². The Labute approximate surface area is 89.7 Å². The molecule has 0 aliphatic carbocycles. The summed E-state index contributed by atoms with van der Waals surface area (Å²) in [5.41, 5.74) is 6.72. The normalized spacial score (nSPS) is 9.31. The van der Waals surface area contributed by atoms with Crippen LogP contribution < -0.4 is 5.73 Å². The maximum atomic E-state index is 11.0. The highest BCUT2D eigenvalue weighted by molar-refractivity contribution is 14.1. The highest BCUT2D eigenvalue weighted by atomic mass is 127. The summed E-state index contributed by atoms with van der Waals surface area (Å²) in [5.74, 6) is -0.557. The average molecular weight is 286 g/mol. The molecule has 1 rings (SSSR count). The van der Waals surface area contributed by atoms with Gasteiger partial charge in [0.05, 0.1) is 11.1 Å². The maximum absolute atomic E-state index is 11.0. The van der Waals surface area contributed by atoms with Crippen LogP contribution in [0.15, 0.2) is 12.1 Å². The molecule has 0 radical (unpaired) electrons. The van der Waals surface area contributed by atoms with Crippen molar-refractivity contribution in [1.29, 1.82) is 5.26 Å². The van der Waals surface area contributed by atoms with E-state index >= 15 is 0 Å². The first-order chi connectivity index (χ1) is 6.06. The van der Waals surface area contributed by atoms with E-state index in [1.165, 1.54) is 0 Å². The minimum atomic E-state index is -0.557. The number of carbonyl (C=O) groups excluding carboxylic acids is 1. The Morgan fingerprint density at radius 2 is 2.23 bits per heavy atom. The lowest BCUT2D eigenvalue weighted by atomic mass is 10.1. The zero-order valence-electron chi connectivity index (χ0n) is 6.97. The summed E-state index contributed by atoms with van der Waals surface area (Å²) in [7, 11) is 0. The van der Waals surface area contributed by atoms with Gasteiger partial charge in [-0.05, 0) is 47.2 Å². The fraction of sp³-hybridized carbons (Fsp3) is 0.111. The highest BCUT2D eigenvalue weighted by Gasteiger charge is 2.11. The van der Waals surface area contributed by atoms with Crippen LogP contribution in [0.5, 0.6) is 0 Å². The molecule has 0 saturated heterocycles. The van der Waals surface area contributed by atoms with Crippen LogP contribution in [0.3, 0.4) is 0 Å². The maximum Gasteiger partial charge on any atom is 0.250 e. The molecule has 66 valence electrons. The largest absolute Gasteiger partial charge is 0.366 e. The molecular formula is C9H7IN2O. The van der Waals surface area contributed by atoms with Gasteiger partial charge >= 0.3 is 0 Å². The van der Waals surface area contributed by atoms with Crippen LogP contribution >= 0.6 is 22.6 Å². The van der Waals surface area contributed by atoms with E-state index in [1.807, 2.05) is 41.7 Å². The number of nitrogens with two attached hydrogens (primary N) is 1. The third-order valence-electron chi connectivity index (χ3n) is 1.61. The molecule has 1 aromatic carbocycles. The van der Waals surface area contributed by atoms with Crippen molar-refractivity contribution in [2.24, 2.45) is 5.73 Å². The molecule has 2 N–H and O–H groups in total. The van der Waals surface area contributed by atoms with Gasteiger partial charge in [0.2, 0.25) is 5.91 Å². The molecule has 1 aromatic rings. The summed E-state index contributed by atoms with van der Waals surface area (Å²) < 4.78 is 0.758. The summed E-state index contributed by atoms with van der Waals surface area (Å²) >= 11 is 2.01. The third kappa shape index (κ3) is 1.98. The van der Waals surface area contributed by atoms with Crippen molar-refractivity contribution >= 4 is 28.5 Å². The van der Waals surface area contributed by atoms with E-state index < -0.39 is 5.91 Å². The fourth-order valence-corrected chi connectivity index (χ4v) is 1.95. The number of hydrogen-bond acceptors (Lipinski definition) is 2. The van der Waals surface area contributed by atoms with Crippen LogP contribution in [0.2, 0.25) is 0 Å². The van der Waals surface area contributed by atoms with Crippen LogP contribution in [0.1, 0.15) is 21.5 Å². The van der Waals surface area contributed by atoms with Crippen molar-refractivity contribution in [1.82, 2.24) is 0 Å². The Morgan fingerprint density at radius 3 is 2.69 bits per heavy atom. The SMILES string of the molecule is Cc1cc(I)c(C#N)c(C(N)=O)c1. The molecule has 0 spiro atoms. The molecule has 0 bridgehead atoms. The number of nitriles is 1. The Kier molecular flexibility index (Phi) is 2.88. The number of rotatable bonds is 1. The lowest BCUT2D eigenvalue weighted by Gasteiger charge is -2.03. The Bertz CT molecular complexity index is 407. The van der Waals surface area contributed by atoms with E-state index in [0.717, 1.165) is 9.13 Å². The summed E-state index contributed by atoms with van der Waals surface area (Å²) in [6, 6.07) is 5.43. The Balaban J connectivity index is 3.50. The number of halogens is 1. The second-order valence-electron chi connectivity index (χ2n) is 2.65. The molecule has 0 aliphatic heterocycles. The molecule has 4 heteroatoms. The van der Waals surface area contributed by atoms with Gasteiger partial charge < -0.3 is 5.73 Å². The zero-order valence-corrected chi connectivity index (χ0v) is 9.12. The number of aryl methyl sites for hydroxylation is 1. The lowest BCUT2D eigenvalue weighted by Crippen LogP contribution is -2.13. The van der Waals surface area contributed by atoms with Crippen molar-refractivity contribution < 1.29 is 4.79 Å². The number of carbonyl (C=O) groups is 1. The van der Waals surface area contributed by atoms with Crippen molar-refractivity contribution in [2.45, 2.75) is 6.92 Å². The summed E-state index contributed by atoms with van der Waals surface area (Å²) in [5, 5.41) is 8.78. The van der Waals surface area contributed by atoms with Gasteiger partial charge in [-0.25, -0.2) is 0 Å². The minimum Gasteiger partial charge on any atom is -0.366 e. The van der Waals surface area contributed by atoms with E-state index in [-0.39, 0.29) is 0 Å².